The quantitative estimate of drug-likeness (QED) is 0.549. The van der Waals surface area contributed by atoms with Crippen LogP contribution < -0.4 is 10.6 Å². The Morgan fingerprint density at radius 1 is 1.00 bits per heavy atom. The molecule has 0 aliphatic carbocycles. The first-order valence-corrected chi connectivity index (χ1v) is 13.2. The van der Waals surface area contributed by atoms with Gasteiger partial charge in [0.2, 0.25) is 11.8 Å². The van der Waals surface area contributed by atoms with E-state index in [1.165, 1.54) is 0 Å². The molecule has 2 N–H and O–H groups in total. The highest BCUT2D eigenvalue weighted by Crippen LogP contribution is 2.20. The third-order valence-corrected chi connectivity index (χ3v) is 6.64. The summed E-state index contributed by atoms with van der Waals surface area (Å²) in [6.07, 6.45) is 3.31. The van der Waals surface area contributed by atoms with Crippen molar-refractivity contribution in [2.75, 3.05) is 50.0 Å². The van der Waals surface area contributed by atoms with Crippen molar-refractivity contribution in [2.24, 2.45) is 0 Å². The van der Waals surface area contributed by atoms with E-state index in [0.29, 0.717) is 48.9 Å². The van der Waals surface area contributed by atoms with Crippen molar-refractivity contribution in [2.45, 2.75) is 18.9 Å². The van der Waals surface area contributed by atoms with Crippen LogP contribution in [0.5, 0.6) is 0 Å². The zero-order chi connectivity index (χ0) is 24.3. The normalized spacial score (nSPS) is 15.3. The summed E-state index contributed by atoms with van der Waals surface area (Å²) in [6, 6.07) is 15.5. The van der Waals surface area contributed by atoms with E-state index < -0.39 is 6.04 Å². The number of thioether (sulfide) groups is 1. The molecule has 3 amide bonds. The minimum absolute atomic E-state index is 0.0688. The zero-order valence-corrected chi connectivity index (χ0v) is 20.9. The van der Waals surface area contributed by atoms with Gasteiger partial charge >= 0.3 is 0 Å². The number of para-hydroxylation sites is 1. The number of carbonyl (C=O) groups excluding carboxylic acids is 3. The van der Waals surface area contributed by atoms with Crippen LogP contribution in [0.3, 0.4) is 0 Å². The summed E-state index contributed by atoms with van der Waals surface area (Å²) in [5, 5.41) is 6.27. The van der Waals surface area contributed by atoms with Crippen molar-refractivity contribution >= 4 is 46.8 Å². The van der Waals surface area contributed by atoms with Crippen molar-refractivity contribution in [3.05, 3.63) is 65.2 Å². The Labute approximate surface area is 210 Å². The third kappa shape index (κ3) is 7.75. The molecule has 1 fully saturated rings. The Hall–Kier alpha value is -2.55. The number of nitrogens with zero attached hydrogens (tertiary/aromatic N) is 2. The molecule has 1 atom stereocenters. The second-order valence-electron chi connectivity index (χ2n) is 8.16. The van der Waals surface area contributed by atoms with E-state index in [-0.39, 0.29) is 24.3 Å². The summed E-state index contributed by atoms with van der Waals surface area (Å²) in [4.78, 5) is 42.3. The number of benzene rings is 2. The highest BCUT2D eigenvalue weighted by molar-refractivity contribution is 7.98. The van der Waals surface area contributed by atoms with Crippen LogP contribution in [0.1, 0.15) is 23.2 Å². The fourth-order valence-electron chi connectivity index (χ4n) is 3.85. The van der Waals surface area contributed by atoms with Crippen molar-refractivity contribution in [1.82, 2.24) is 15.1 Å². The summed E-state index contributed by atoms with van der Waals surface area (Å²) in [5.74, 6) is 0.322. The van der Waals surface area contributed by atoms with E-state index in [0.717, 1.165) is 12.2 Å². The minimum atomic E-state index is -0.574. The lowest BCUT2D eigenvalue weighted by atomic mass is 10.1. The maximum absolute atomic E-state index is 13.3. The maximum atomic E-state index is 13.3. The molecule has 0 aromatic heterocycles. The van der Waals surface area contributed by atoms with E-state index in [4.69, 9.17) is 11.6 Å². The van der Waals surface area contributed by atoms with Crippen molar-refractivity contribution in [3.8, 4) is 0 Å². The maximum Gasteiger partial charge on any atom is 0.251 e. The van der Waals surface area contributed by atoms with Gasteiger partial charge in [0, 0.05) is 31.7 Å². The largest absolute Gasteiger partial charge is 0.340 e. The molecule has 0 radical (unpaired) electrons. The molecule has 2 aromatic carbocycles. The molecule has 1 unspecified atom stereocenters. The summed E-state index contributed by atoms with van der Waals surface area (Å²) >= 11 is 7.77. The lowest BCUT2D eigenvalue weighted by Gasteiger charge is -2.27. The van der Waals surface area contributed by atoms with Crippen LogP contribution in [-0.2, 0) is 9.59 Å². The van der Waals surface area contributed by atoms with Crippen LogP contribution >= 0.6 is 23.4 Å². The molecule has 1 heterocycles. The summed E-state index contributed by atoms with van der Waals surface area (Å²) < 4.78 is 0. The highest BCUT2D eigenvalue weighted by Gasteiger charge is 2.28. The number of hydrogen-bond donors (Lipinski definition) is 2. The molecule has 3 rings (SSSR count). The molecular formula is C25H31ClN4O3S. The lowest BCUT2D eigenvalue weighted by molar-refractivity contribution is -0.133. The third-order valence-electron chi connectivity index (χ3n) is 5.67. The standard InChI is InChI=1S/C25H31ClN4O3S/c1-34-17-12-22(28-24(32)19-8-3-2-4-9-19)25(33)30-14-7-13-29(15-16-30)18-23(31)27-21-11-6-5-10-20(21)26/h2-6,8-11,22H,7,12-18H2,1H3,(H,27,31)(H,28,32). The van der Waals surface area contributed by atoms with E-state index in [1.54, 1.807) is 48.2 Å². The van der Waals surface area contributed by atoms with Gasteiger partial charge in [0.15, 0.2) is 0 Å². The van der Waals surface area contributed by atoms with Crippen LogP contribution in [-0.4, -0.2) is 78.3 Å². The number of hydrogen-bond acceptors (Lipinski definition) is 5. The SMILES string of the molecule is CSCCC(NC(=O)c1ccccc1)C(=O)N1CCCN(CC(=O)Nc2ccccc2Cl)CC1. The Balaban J connectivity index is 1.56. The highest BCUT2D eigenvalue weighted by atomic mass is 35.5. The number of amides is 3. The van der Waals surface area contributed by atoms with Crippen LogP contribution in [0.4, 0.5) is 5.69 Å². The number of nitrogens with one attached hydrogen (secondary N) is 2. The molecular weight excluding hydrogens is 472 g/mol. The summed E-state index contributed by atoms with van der Waals surface area (Å²) in [5.41, 5.74) is 1.13. The Morgan fingerprint density at radius 2 is 1.74 bits per heavy atom. The Bertz CT molecular complexity index is 976. The average molecular weight is 503 g/mol. The van der Waals surface area contributed by atoms with Gasteiger partial charge in [0.1, 0.15) is 6.04 Å². The Kier molecular flexibility index (Phi) is 10.2. The monoisotopic (exact) mass is 502 g/mol. The van der Waals surface area contributed by atoms with Crippen molar-refractivity contribution in [3.63, 3.8) is 0 Å². The topological polar surface area (TPSA) is 81.8 Å². The predicted octanol–water partition coefficient (Wildman–Crippen LogP) is 3.36. The molecule has 0 saturated carbocycles. The van der Waals surface area contributed by atoms with Gasteiger partial charge in [0.05, 0.1) is 17.3 Å². The van der Waals surface area contributed by atoms with Gasteiger partial charge in [0.25, 0.3) is 5.91 Å². The fourth-order valence-corrected chi connectivity index (χ4v) is 4.50. The van der Waals surface area contributed by atoms with Crippen LogP contribution in [0.15, 0.2) is 54.6 Å². The van der Waals surface area contributed by atoms with Gasteiger partial charge in [-0.15, -0.1) is 0 Å². The molecule has 1 aliphatic heterocycles. The van der Waals surface area contributed by atoms with Crippen LogP contribution in [0.25, 0.3) is 0 Å². The van der Waals surface area contributed by atoms with Crippen LogP contribution in [0, 0.1) is 0 Å². The first kappa shape index (κ1) is 26.1. The second kappa shape index (κ2) is 13.4. The number of rotatable bonds is 9. The molecule has 34 heavy (non-hydrogen) atoms. The first-order chi connectivity index (χ1) is 16.5. The molecule has 1 aliphatic rings. The smallest absolute Gasteiger partial charge is 0.251 e. The van der Waals surface area contributed by atoms with Gasteiger partial charge in [-0.3, -0.25) is 19.3 Å². The van der Waals surface area contributed by atoms with E-state index in [1.807, 2.05) is 34.3 Å². The van der Waals surface area contributed by atoms with Crippen molar-refractivity contribution < 1.29 is 14.4 Å². The molecule has 2 aromatic rings. The molecule has 0 bridgehead atoms. The summed E-state index contributed by atoms with van der Waals surface area (Å²) in [6.45, 7) is 2.64. The van der Waals surface area contributed by atoms with Gasteiger partial charge in [-0.05, 0) is 49.1 Å². The van der Waals surface area contributed by atoms with Gasteiger partial charge < -0.3 is 15.5 Å². The number of halogens is 1. The lowest BCUT2D eigenvalue weighted by Crippen LogP contribution is -2.50. The Morgan fingerprint density at radius 3 is 2.47 bits per heavy atom. The number of anilines is 1. The summed E-state index contributed by atoms with van der Waals surface area (Å²) in [7, 11) is 0. The molecule has 7 nitrogen and oxygen atoms in total. The average Bonchev–Trinajstić information content (AvgIpc) is 3.08. The minimum Gasteiger partial charge on any atom is -0.340 e. The van der Waals surface area contributed by atoms with Gasteiger partial charge in [-0.1, -0.05) is 41.9 Å². The van der Waals surface area contributed by atoms with Gasteiger partial charge in [-0.25, -0.2) is 0 Å². The van der Waals surface area contributed by atoms with E-state index >= 15 is 0 Å². The fraction of sp³-hybridized carbons (Fsp3) is 0.400. The van der Waals surface area contributed by atoms with Crippen LogP contribution in [0.2, 0.25) is 5.02 Å². The molecule has 9 heteroatoms. The molecule has 182 valence electrons. The first-order valence-electron chi connectivity index (χ1n) is 11.4. The van der Waals surface area contributed by atoms with Crippen molar-refractivity contribution in [1.29, 1.82) is 0 Å². The second-order valence-corrected chi connectivity index (χ2v) is 9.55. The predicted molar refractivity (Wildman–Crippen MR) is 138 cm³/mol. The van der Waals surface area contributed by atoms with E-state index in [9.17, 15) is 14.4 Å². The molecule has 0 spiro atoms. The molecule has 1 saturated heterocycles. The zero-order valence-electron chi connectivity index (χ0n) is 19.3. The number of carbonyl (C=O) groups is 3. The van der Waals surface area contributed by atoms with Gasteiger partial charge in [-0.2, -0.15) is 11.8 Å². The van der Waals surface area contributed by atoms with E-state index in [2.05, 4.69) is 10.6 Å².